The van der Waals surface area contributed by atoms with Crippen LogP contribution in [0, 0.1) is 6.92 Å². The van der Waals surface area contributed by atoms with E-state index < -0.39 is 0 Å². The van der Waals surface area contributed by atoms with Crippen LogP contribution in [0.4, 0.5) is 0 Å². The summed E-state index contributed by atoms with van der Waals surface area (Å²) in [6.45, 7) is 5.27. The van der Waals surface area contributed by atoms with Gasteiger partial charge in [0.1, 0.15) is 11.5 Å². The van der Waals surface area contributed by atoms with Crippen LogP contribution in [-0.4, -0.2) is 29.2 Å². The van der Waals surface area contributed by atoms with E-state index in [1.807, 2.05) is 44.2 Å². The minimum Gasteiger partial charge on any atom is -0.465 e. The molecule has 2 unspecified atom stereocenters. The molecule has 1 heterocycles. The Balaban J connectivity index is 2.24. The van der Waals surface area contributed by atoms with Crippen LogP contribution >= 0.6 is 0 Å². The van der Waals surface area contributed by atoms with Crippen LogP contribution in [0.5, 0.6) is 0 Å². The second-order valence-electron chi connectivity index (χ2n) is 5.43. The molecule has 2 atom stereocenters. The van der Waals surface area contributed by atoms with Crippen LogP contribution in [0.2, 0.25) is 0 Å². The molecule has 4 heteroatoms. The maximum atomic E-state index is 9.38. The molecular weight excluding hydrogens is 264 g/mol. The first-order chi connectivity index (χ1) is 10.1. The van der Waals surface area contributed by atoms with Crippen molar-refractivity contribution in [3.05, 3.63) is 59.5 Å². The van der Waals surface area contributed by atoms with Gasteiger partial charge in [0.05, 0.1) is 12.6 Å². The van der Waals surface area contributed by atoms with Gasteiger partial charge in [0.15, 0.2) is 0 Å². The summed E-state index contributed by atoms with van der Waals surface area (Å²) in [6, 6.07) is 14.0. The lowest BCUT2D eigenvalue weighted by molar-refractivity contribution is 0.115. The molecule has 0 saturated carbocycles. The van der Waals surface area contributed by atoms with Gasteiger partial charge in [0.25, 0.3) is 0 Å². The lowest BCUT2D eigenvalue weighted by Gasteiger charge is -2.32. The van der Waals surface area contributed by atoms with Crippen LogP contribution in [0.3, 0.4) is 0 Å². The molecule has 0 aliphatic carbocycles. The summed E-state index contributed by atoms with van der Waals surface area (Å²) in [5.74, 6) is 1.73. The van der Waals surface area contributed by atoms with Crippen molar-refractivity contribution in [1.29, 1.82) is 0 Å². The molecule has 0 spiro atoms. The van der Waals surface area contributed by atoms with E-state index in [-0.39, 0.29) is 18.7 Å². The number of aryl methyl sites for hydroxylation is 1. The maximum absolute atomic E-state index is 9.38. The highest BCUT2D eigenvalue weighted by molar-refractivity contribution is 5.16. The number of hydrogen-bond acceptors (Lipinski definition) is 4. The highest BCUT2D eigenvalue weighted by Gasteiger charge is 2.26. The van der Waals surface area contributed by atoms with E-state index in [2.05, 4.69) is 17.0 Å². The molecule has 0 aliphatic heterocycles. The molecule has 3 N–H and O–H groups in total. The highest BCUT2D eigenvalue weighted by atomic mass is 16.3. The van der Waals surface area contributed by atoms with Crippen LogP contribution in [0.1, 0.15) is 30.0 Å². The van der Waals surface area contributed by atoms with Crippen molar-refractivity contribution in [2.24, 2.45) is 5.73 Å². The number of nitrogens with zero attached hydrogens (tertiary/aromatic N) is 1. The van der Waals surface area contributed by atoms with E-state index in [9.17, 15) is 5.11 Å². The molecule has 2 rings (SSSR count). The first-order valence-corrected chi connectivity index (χ1v) is 7.32. The predicted molar refractivity (Wildman–Crippen MR) is 83.8 cm³/mol. The van der Waals surface area contributed by atoms with Crippen molar-refractivity contribution >= 4 is 0 Å². The zero-order chi connectivity index (χ0) is 15.2. The van der Waals surface area contributed by atoms with Crippen molar-refractivity contribution in [2.75, 3.05) is 13.2 Å². The van der Waals surface area contributed by atoms with Crippen molar-refractivity contribution in [2.45, 2.75) is 32.5 Å². The second-order valence-corrected chi connectivity index (χ2v) is 5.43. The van der Waals surface area contributed by atoms with Crippen molar-refractivity contribution < 1.29 is 9.52 Å². The Kier molecular flexibility index (Phi) is 5.56. The molecule has 4 nitrogen and oxygen atoms in total. The fourth-order valence-corrected chi connectivity index (χ4v) is 2.65. The summed E-state index contributed by atoms with van der Waals surface area (Å²) >= 11 is 0. The minimum absolute atomic E-state index is 0.0499. The molecule has 0 bridgehead atoms. The molecule has 114 valence electrons. The Morgan fingerprint density at radius 2 is 1.90 bits per heavy atom. The van der Waals surface area contributed by atoms with Crippen LogP contribution < -0.4 is 5.73 Å². The SMILES string of the molecule is Cc1ccc(C(C(C)N)N(CCO)Cc2ccccc2)o1. The van der Waals surface area contributed by atoms with E-state index in [0.29, 0.717) is 6.54 Å². The van der Waals surface area contributed by atoms with Gasteiger partial charge in [0, 0.05) is 19.1 Å². The maximum Gasteiger partial charge on any atom is 0.122 e. The Hall–Kier alpha value is -1.62. The Morgan fingerprint density at radius 3 is 2.43 bits per heavy atom. The lowest BCUT2D eigenvalue weighted by Crippen LogP contribution is -2.40. The number of hydrogen-bond donors (Lipinski definition) is 2. The third-order valence-corrected chi connectivity index (χ3v) is 3.56. The summed E-state index contributed by atoms with van der Waals surface area (Å²) in [7, 11) is 0. The quantitative estimate of drug-likeness (QED) is 0.821. The summed E-state index contributed by atoms with van der Waals surface area (Å²) < 4.78 is 5.77. The molecule has 0 saturated heterocycles. The Labute approximate surface area is 126 Å². The van der Waals surface area contributed by atoms with Gasteiger partial charge >= 0.3 is 0 Å². The van der Waals surface area contributed by atoms with Gasteiger partial charge in [-0.3, -0.25) is 4.90 Å². The predicted octanol–water partition coefficient (Wildman–Crippen LogP) is 2.47. The number of furan rings is 1. The fraction of sp³-hybridized carbons (Fsp3) is 0.412. The normalized spacial score (nSPS) is 14.3. The lowest BCUT2D eigenvalue weighted by atomic mass is 10.0. The molecular formula is C17H24N2O2. The standard InChI is InChI=1S/C17H24N2O2/c1-13-8-9-16(21-13)17(14(2)18)19(10-11-20)12-15-6-4-3-5-7-15/h3-9,14,17,20H,10-12,18H2,1-2H3. The van der Waals surface area contributed by atoms with E-state index in [0.717, 1.165) is 18.1 Å². The Morgan fingerprint density at radius 1 is 1.19 bits per heavy atom. The Bertz CT molecular complexity index is 537. The molecule has 21 heavy (non-hydrogen) atoms. The third kappa shape index (κ3) is 4.17. The molecule has 2 aromatic rings. The minimum atomic E-state index is -0.0918. The van der Waals surface area contributed by atoms with Gasteiger partial charge in [-0.2, -0.15) is 0 Å². The molecule has 0 fully saturated rings. The average Bonchev–Trinajstić information content (AvgIpc) is 2.86. The molecule has 1 aromatic heterocycles. The van der Waals surface area contributed by atoms with Crippen LogP contribution in [-0.2, 0) is 6.54 Å². The summed E-state index contributed by atoms with van der Waals surface area (Å²) in [5, 5.41) is 9.38. The van der Waals surface area contributed by atoms with E-state index >= 15 is 0 Å². The number of aliphatic hydroxyl groups is 1. The number of rotatable bonds is 7. The van der Waals surface area contributed by atoms with Gasteiger partial charge in [-0.15, -0.1) is 0 Å². The molecule has 0 radical (unpaired) electrons. The van der Waals surface area contributed by atoms with Gasteiger partial charge in [-0.05, 0) is 31.5 Å². The molecule has 0 amide bonds. The number of benzene rings is 1. The van der Waals surface area contributed by atoms with E-state index in [4.69, 9.17) is 10.2 Å². The highest BCUT2D eigenvalue weighted by Crippen LogP contribution is 2.26. The van der Waals surface area contributed by atoms with Crippen LogP contribution in [0.15, 0.2) is 46.9 Å². The summed E-state index contributed by atoms with van der Waals surface area (Å²) in [5.41, 5.74) is 7.37. The zero-order valence-electron chi connectivity index (χ0n) is 12.7. The third-order valence-electron chi connectivity index (χ3n) is 3.56. The average molecular weight is 288 g/mol. The summed E-state index contributed by atoms with van der Waals surface area (Å²) in [4.78, 5) is 2.16. The van der Waals surface area contributed by atoms with Crippen molar-refractivity contribution in [1.82, 2.24) is 4.90 Å². The van der Waals surface area contributed by atoms with Crippen LogP contribution in [0.25, 0.3) is 0 Å². The summed E-state index contributed by atoms with van der Waals surface area (Å²) in [6.07, 6.45) is 0. The van der Waals surface area contributed by atoms with Gasteiger partial charge < -0.3 is 15.3 Å². The van der Waals surface area contributed by atoms with Gasteiger partial charge in [-0.1, -0.05) is 30.3 Å². The van der Waals surface area contributed by atoms with Crippen molar-refractivity contribution in [3.8, 4) is 0 Å². The zero-order valence-corrected chi connectivity index (χ0v) is 12.7. The fourth-order valence-electron chi connectivity index (χ4n) is 2.65. The van der Waals surface area contributed by atoms with Gasteiger partial charge in [0.2, 0.25) is 0 Å². The van der Waals surface area contributed by atoms with Crippen molar-refractivity contribution in [3.63, 3.8) is 0 Å². The van der Waals surface area contributed by atoms with Gasteiger partial charge in [-0.25, -0.2) is 0 Å². The second kappa shape index (κ2) is 7.41. The molecule has 0 aliphatic rings. The number of nitrogens with two attached hydrogens (primary N) is 1. The number of aliphatic hydroxyl groups excluding tert-OH is 1. The monoisotopic (exact) mass is 288 g/mol. The first-order valence-electron chi connectivity index (χ1n) is 7.32. The molecule has 1 aromatic carbocycles. The van der Waals surface area contributed by atoms with E-state index in [1.54, 1.807) is 0 Å². The topological polar surface area (TPSA) is 62.6 Å². The first kappa shape index (κ1) is 15.8. The van der Waals surface area contributed by atoms with E-state index in [1.165, 1.54) is 5.56 Å². The largest absolute Gasteiger partial charge is 0.465 e. The smallest absolute Gasteiger partial charge is 0.122 e.